The molecule has 13 heteroatoms. The van der Waals surface area contributed by atoms with Crippen LogP contribution in [0.25, 0.3) is 10.6 Å². The van der Waals surface area contributed by atoms with Gasteiger partial charge < -0.3 is 25.6 Å². The van der Waals surface area contributed by atoms with Crippen molar-refractivity contribution in [1.29, 1.82) is 0 Å². The molecule has 0 spiro atoms. The number of aryl methyl sites for hydroxylation is 1. The molecule has 0 unspecified atom stereocenters. The minimum atomic E-state index is -2.76. The molecule has 2 fully saturated rings. The molecule has 3 aromatic rings. The van der Waals surface area contributed by atoms with Gasteiger partial charge in [-0.1, -0.05) is 6.07 Å². The Hall–Kier alpha value is -4.10. The quantitative estimate of drug-likeness (QED) is 0.339. The van der Waals surface area contributed by atoms with Crippen molar-refractivity contribution in [3.05, 3.63) is 40.5 Å². The molecule has 2 aromatic heterocycles. The molecule has 3 heterocycles. The predicted octanol–water partition coefficient (Wildman–Crippen LogP) is 3.54. The number of aromatic nitrogens is 3. The zero-order chi connectivity index (χ0) is 32.5. The van der Waals surface area contributed by atoms with Gasteiger partial charge in [0.25, 0.3) is 11.8 Å². The number of piperazine rings is 1. The average molecular weight is 596 g/mol. The van der Waals surface area contributed by atoms with E-state index in [9.17, 15) is 14.4 Å². The van der Waals surface area contributed by atoms with Gasteiger partial charge in [-0.3, -0.25) is 19.3 Å². The third kappa shape index (κ3) is 6.21. The Morgan fingerprint density at radius 3 is 2.55 bits per heavy atom. The number of methoxy groups -OCH3 is 1. The molecule has 1 aliphatic heterocycles. The number of amides is 3. The lowest BCUT2D eigenvalue weighted by molar-refractivity contribution is -0.117. The van der Waals surface area contributed by atoms with E-state index in [1.54, 1.807) is 12.1 Å². The summed E-state index contributed by atoms with van der Waals surface area (Å²) in [6.45, 7) is 6.28. The second kappa shape index (κ2) is 12.4. The number of hydrogen-bond acceptors (Lipinski definition) is 10. The molecular formula is C29H36N8O4S. The molecule has 3 N–H and O–H groups in total. The van der Waals surface area contributed by atoms with Crippen molar-refractivity contribution in [2.24, 2.45) is 5.92 Å². The van der Waals surface area contributed by atoms with Crippen LogP contribution in [0.5, 0.6) is 5.75 Å². The van der Waals surface area contributed by atoms with Crippen molar-refractivity contribution in [1.82, 2.24) is 30.3 Å². The monoisotopic (exact) mass is 595 g/mol. The molecule has 2 aliphatic rings. The molecule has 0 atom stereocenters. The second-order valence-corrected chi connectivity index (χ2v) is 11.6. The van der Waals surface area contributed by atoms with E-state index in [0.717, 1.165) is 25.9 Å². The molecule has 1 aromatic carbocycles. The lowest BCUT2D eigenvalue weighted by Crippen LogP contribution is -2.50. The van der Waals surface area contributed by atoms with Gasteiger partial charge in [0.15, 0.2) is 17.3 Å². The summed E-state index contributed by atoms with van der Waals surface area (Å²) < 4.78 is 28.1. The number of carbonyl (C=O) groups is 3. The van der Waals surface area contributed by atoms with Gasteiger partial charge in [0.2, 0.25) is 5.91 Å². The van der Waals surface area contributed by atoms with Gasteiger partial charge in [-0.05, 0) is 45.7 Å². The van der Waals surface area contributed by atoms with Crippen LogP contribution >= 0.6 is 11.3 Å². The SMILES string of the molecule is [2H]C([2H])([2H])NC(=O)c1nnc(NC(=O)C2CC2)cc1Nc1cccc(-c2nc(C)c(C(=O)N3CCN(C(C)C)CC3)s2)c1OC. The summed E-state index contributed by atoms with van der Waals surface area (Å²) in [6, 6.07) is 7.12. The van der Waals surface area contributed by atoms with E-state index in [-0.39, 0.29) is 34.9 Å². The normalized spacial score (nSPS) is 16.8. The van der Waals surface area contributed by atoms with E-state index in [1.807, 2.05) is 23.2 Å². The van der Waals surface area contributed by atoms with Crippen LogP contribution < -0.4 is 20.7 Å². The first-order valence-corrected chi connectivity index (χ1v) is 14.6. The zero-order valence-corrected chi connectivity index (χ0v) is 24.8. The summed E-state index contributed by atoms with van der Waals surface area (Å²) in [5, 5.41) is 16.2. The largest absolute Gasteiger partial charge is 0.494 e. The maximum absolute atomic E-state index is 13.5. The van der Waals surface area contributed by atoms with Crippen LogP contribution in [0.4, 0.5) is 17.2 Å². The molecular weight excluding hydrogens is 556 g/mol. The van der Waals surface area contributed by atoms with E-state index >= 15 is 0 Å². The Kier molecular flexibility index (Phi) is 7.56. The van der Waals surface area contributed by atoms with Crippen LogP contribution in [0, 0.1) is 12.8 Å². The number of benzene rings is 1. The molecule has 0 radical (unpaired) electrons. The minimum Gasteiger partial charge on any atom is -0.494 e. The topological polar surface area (TPSA) is 142 Å². The third-order valence-electron chi connectivity index (χ3n) is 7.36. The summed E-state index contributed by atoms with van der Waals surface area (Å²) in [7, 11) is 1.49. The molecule has 1 aliphatic carbocycles. The lowest BCUT2D eigenvalue weighted by Gasteiger charge is -2.36. The number of nitrogens with zero attached hydrogens (tertiary/aromatic N) is 5. The Morgan fingerprint density at radius 1 is 1.12 bits per heavy atom. The zero-order valence-electron chi connectivity index (χ0n) is 27.0. The van der Waals surface area contributed by atoms with E-state index < -0.39 is 12.9 Å². The minimum absolute atomic E-state index is 0.0542. The van der Waals surface area contributed by atoms with Crippen molar-refractivity contribution in [3.63, 3.8) is 0 Å². The highest BCUT2D eigenvalue weighted by Gasteiger charge is 2.30. The second-order valence-electron chi connectivity index (χ2n) is 10.6. The first kappa shape index (κ1) is 25.6. The van der Waals surface area contributed by atoms with Crippen LogP contribution in [0.2, 0.25) is 0 Å². The number of carbonyl (C=O) groups excluding carboxylic acids is 3. The third-order valence-corrected chi connectivity index (χ3v) is 8.54. The first-order valence-electron chi connectivity index (χ1n) is 15.3. The van der Waals surface area contributed by atoms with Crippen LogP contribution in [-0.2, 0) is 4.79 Å². The summed E-state index contributed by atoms with van der Waals surface area (Å²) >= 11 is 1.28. The van der Waals surface area contributed by atoms with Crippen LogP contribution in [0.3, 0.4) is 0 Å². The Morgan fingerprint density at radius 2 is 1.88 bits per heavy atom. The number of ether oxygens (including phenoxy) is 1. The van der Waals surface area contributed by atoms with Crippen molar-refractivity contribution < 1.29 is 23.2 Å². The standard InChI is InChI=1S/C29H36N8O4S/c1-16(2)36-11-13-37(14-12-36)29(40)25-17(3)31-28(42-25)19-7-6-8-20(24(19)41-5)32-21-15-22(33-26(38)18-9-10-18)34-35-23(21)27(39)30-4/h6-8,15-16,18H,9-14H2,1-5H3,(H,30,39)(H2,32,33,34,38)/i4D3. The first-order chi connectivity index (χ1) is 21.3. The van der Waals surface area contributed by atoms with E-state index in [1.165, 1.54) is 24.5 Å². The maximum Gasteiger partial charge on any atom is 0.273 e. The average Bonchev–Trinajstić information content (AvgIpc) is 3.77. The molecule has 12 nitrogen and oxygen atoms in total. The summed E-state index contributed by atoms with van der Waals surface area (Å²) in [5.74, 6) is -0.863. The fourth-order valence-electron chi connectivity index (χ4n) is 4.81. The molecule has 42 heavy (non-hydrogen) atoms. The number of rotatable bonds is 9. The van der Waals surface area contributed by atoms with Gasteiger partial charge in [0, 0.05) is 55.3 Å². The number of anilines is 3. The van der Waals surface area contributed by atoms with Gasteiger partial charge in [-0.2, -0.15) is 0 Å². The van der Waals surface area contributed by atoms with Crippen LogP contribution in [0.15, 0.2) is 24.3 Å². The van der Waals surface area contributed by atoms with Crippen molar-refractivity contribution in [3.8, 4) is 16.3 Å². The summed E-state index contributed by atoms with van der Waals surface area (Å²) in [4.78, 5) is 48.2. The molecule has 222 valence electrons. The summed E-state index contributed by atoms with van der Waals surface area (Å²) in [5.41, 5.74) is 1.44. The number of nitrogens with one attached hydrogen (secondary N) is 3. The fraction of sp³-hybridized carbons (Fsp3) is 0.448. The molecule has 1 saturated carbocycles. The van der Waals surface area contributed by atoms with Gasteiger partial charge in [-0.25, -0.2) is 4.98 Å². The molecule has 3 amide bonds. The Labute approximate surface area is 253 Å². The van der Waals surface area contributed by atoms with Crippen molar-refractivity contribution >= 4 is 46.3 Å². The van der Waals surface area contributed by atoms with Gasteiger partial charge in [-0.15, -0.1) is 21.5 Å². The predicted molar refractivity (Wildman–Crippen MR) is 162 cm³/mol. The number of thiazole rings is 1. The fourth-order valence-corrected chi connectivity index (χ4v) is 5.87. The van der Waals surface area contributed by atoms with Gasteiger partial charge in [0.1, 0.15) is 9.88 Å². The highest BCUT2D eigenvalue weighted by atomic mass is 32.1. The Bertz CT molecular complexity index is 1600. The van der Waals surface area contributed by atoms with Crippen molar-refractivity contribution in [2.75, 3.05) is 50.9 Å². The van der Waals surface area contributed by atoms with E-state index in [0.29, 0.717) is 51.7 Å². The molecule has 0 bridgehead atoms. The number of hydrogen-bond donors (Lipinski definition) is 3. The van der Waals surface area contributed by atoms with E-state index in [2.05, 4.69) is 39.6 Å². The highest BCUT2D eigenvalue weighted by molar-refractivity contribution is 7.17. The van der Waals surface area contributed by atoms with Crippen LogP contribution in [0.1, 0.15) is 56.7 Å². The highest BCUT2D eigenvalue weighted by Crippen LogP contribution is 2.41. The lowest BCUT2D eigenvalue weighted by atomic mass is 10.1. The Balaban J connectivity index is 1.44. The smallest absolute Gasteiger partial charge is 0.273 e. The van der Waals surface area contributed by atoms with Gasteiger partial charge in [0.05, 0.1) is 29.7 Å². The summed E-state index contributed by atoms with van der Waals surface area (Å²) in [6.07, 6.45) is 1.57. The molecule has 5 rings (SSSR count). The molecule has 1 saturated heterocycles. The van der Waals surface area contributed by atoms with Crippen molar-refractivity contribution in [2.45, 2.75) is 39.7 Å². The number of para-hydroxylation sites is 1. The van der Waals surface area contributed by atoms with Gasteiger partial charge >= 0.3 is 0 Å². The maximum atomic E-state index is 13.5. The van der Waals surface area contributed by atoms with E-state index in [4.69, 9.17) is 13.8 Å². The van der Waals surface area contributed by atoms with Crippen LogP contribution in [-0.4, -0.2) is 89.0 Å².